The summed E-state index contributed by atoms with van der Waals surface area (Å²) < 4.78 is 105. The summed E-state index contributed by atoms with van der Waals surface area (Å²) in [5.74, 6) is -0.144. The Kier molecular flexibility index (Phi) is 8.95. The molecule has 0 saturated carbocycles. The highest BCUT2D eigenvalue weighted by Gasteiger charge is 2.41. The van der Waals surface area contributed by atoms with E-state index in [1.54, 1.807) is 16.8 Å². The second-order valence-electron chi connectivity index (χ2n) is 10.6. The van der Waals surface area contributed by atoms with Gasteiger partial charge in [0.2, 0.25) is 10.0 Å². The van der Waals surface area contributed by atoms with Crippen LogP contribution in [0.3, 0.4) is 0 Å². The molecule has 4 rings (SSSR count). The number of sulfonamides is 1. The number of carbonyl (C=O) groups excluding carboxylic acids is 1. The average Bonchev–Trinajstić information content (AvgIpc) is 3.36. The summed E-state index contributed by atoms with van der Waals surface area (Å²) in [6.07, 6.45) is -8.76. The van der Waals surface area contributed by atoms with Crippen LogP contribution >= 0.6 is 0 Å². The van der Waals surface area contributed by atoms with Crippen molar-refractivity contribution < 1.29 is 39.6 Å². The average molecular weight is 607 g/mol. The largest absolute Gasteiger partial charge is 0.416 e. The first-order valence-corrected chi connectivity index (χ1v) is 14.9. The highest BCUT2D eigenvalue weighted by atomic mass is 32.2. The van der Waals surface area contributed by atoms with Crippen LogP contribution in [0.2, 0.25) is 0 Å². The number of urea groups is 1. The number of benzene rings is 2. The topological polar surface area (TPSA) is 64.2 Å². The lowest BCUT2D eigenvalue weighted by molar-refractivity contribution is -0.143. The fourth-order valence-corrected chi connectivity index (χ4v) is 6.29. The molecule has 0 aliphatic carbocycles. The van der Waals surface area contributed by atoms with Crippen LogP contribution in [0.1, 0.15) is 28.2 Å². The molecule has 226 valence electrons. The Morgan fingerprint density at radius 2 is 1.44 bits per heavy atom. The molecule has 2 aromatic carbocycles. The third kappa shape index (κ3) is 7.52. The van der Waals surface area contributed by atoms with Gasteiger partial charge in [-0.15, -0.1) is 0 Å². The number of hydrogen-bond acceptors (Lipinski definition) is 4. The molecule has 0 N–H and O–H groups in total. The van der Waals surface area contributed by atoms with Gasteiger partial charge >= 0.3 is 18.4 Å². The maximum Gasteiger partial charge on any atom is 0.416 e. The first-order chi connectivity index (χ1) is 19.0. The van der Waals surface area contributed by atoms with Crippen molar-refractivity contribution in [2.75, 3.05) is 59.1 Å². The van der Waals surface area contributed by atoms with Gasteiger partial charge in [-0.2, -0.15) is 30.6 Å². The molecular formula is C27H32F6N4O3S. The molecule has 14 heteroatoms. The molecule has 0 aromatic heterocycles. The van der Waals surface area contributed by atoms with Crippen molar-refractivity contribution in [1.82, 2.24) is 19.0 Å². The van der Waals surface area contributed by atoms with Crippen molar-refractivity contribution >= 4 is 16.1 Å². The lowest BCUT2D eigenvalue weighted by Gasteiger charge is -2.35. The summed E-state index contributed by atoms with van der Waals surface area (Å²) in [6, 6.07) is 10.6. The van der Waals surface area contributed by atoms with E-state index >= 15 is 0 Å². The molecule has 2 amide bonds. The summed E-state index contributed by atoms with van der Waals surface area (Å²) in [6.45, 7) is 1.72. The van der Waals surface area contributed by atoms with E-state index in [4.69, 9.17) is 0 Å². The van der Waals surface area contributed by atoms with Crippen molar-refractivity contribution in [3.05, 3.63) is 70.8 Å². The standard InChI is InChI=1S/C27H32F6N4O3S/c1-34(9-8-19-14-21(26(28,29)30)16-22(15-19)27(31,32)33)24-18-36(17-23(24)20-6-4-3-5-7-20)25(38)35-10-12-37(13-11-35)41(2,39)40/h3-7,14-16,23-24H,8-13,17-18H2,1-2H3/t23-,24+/m1/s1. The molecule has 41 heavy (non-hydrogen) atoms. The minimum absolute atomic E-state index is 0.0527. The van der Waals surface area contributed by atoms with Crippen LogP contribution in [0.5, 0.6) is 0 Å². The van der Waals surface area contributed by atoms with Gasteiger partial charge in [-0.3, -0.25) is 0 Å². The van der Waals surface area contributed by atoms with Crippen LogP contribution in [0.25, 0.3) is 0 Å². The van der Waals surface area contributed by atoms with E-state index in [9.17, 15) is 39.6 Å². The molecule has 2 aliphatic rings. The molecule has 7 nitrogen and oxygen atoms in total. The molecule has 2 heterocycles. The van der Waals surface area contributed by atoms with Crippen LogP contribution in [0.4, 0.5) is 31.1 Å². The van der Waals surface area contributed by atoms with Crippen LogP contribution < -0.4 is 0 Å². The van der Waals surface area contributed by atoms with Gasteiger partial charge in [0.25, 0.3) is 0 Å². The lowest BCUT2D eigenvalue weighted by atomic mass is 9.93. The van der Waals surface area contributed by atoms with E-state index in [2.05, 4.69) is 0 Å². The van der Waals surface area contributed by atoms with Gasteiger partial charge in [0.05, 0.1) is 17.4 Å². The van der Waals surface area contributed by atoms with Gasteiger partial charge in [-0.05, 0) is 42.8 Å². The fraction of sp³-hybridized carbons (Fsp3) is 0.519. The Bertz CT molecular complexity index is 1300. The Balaban J connectivity index is 1.50. The Labute approximate surface area is 235 Å². The number of carbonyl (C=O) groups is 1. The molecule has 0 unspecified atom stereocenters. The van der Waals surface area contributed by atoms with Gasteiger partial charge in [0.1, 0.15) is 0 Å². The molecular weight excluding hydrogens is 574 g/mol. The number of alkyl halides is 6. The zero-order valence-corrected chi connectivity index (χ0v) is 23.4. The second kappa shape index (κ2) is 11.8. The summed E-state index contributed by atoms with van der Waals surface area (Å²) in [5.41, 5.74) is -1.81. The van der Waals surface area contributed by atoms with Gasteiger partial charge in [-0.25, -0.2) is 13.2 Å². The lowest BCUT2D eigenvalue weighted by Crippen LogP contribution is -2.53. The van der Waals surface area contributed by atoms with Gasteiger partial charge in [0, 0.05) is 57.8 Å². The van der Waals surface area contributed by atoms with Crippen LogP contribution in [-0.4, -0.2) is 98.6 Å². The Morgan fingerprint density at radius 3 is 1.95 bits per heavy atom. The third-order valence-electron chi connectivity index (χ3n) is 7.73. The molecule has 2 aliphatic heterocycles. The molecule has 0 radical (unpaired) electrons. The quantitative estimate of drug-likeness (QED) is 0.459. The number of nitrogens with zero attached hydrogens (tertiary/aromatic N) is 4. The number of piperazine rings is 1. The summed E-state index contributed by atoms with van der Waals surface area (Å²) in [7, 11) is -1.61. The summed E-state index contributed by atoms with van der Waals surface area (Å²) in [5, 5.41) is 0. The van der Waals surface area contributed by atoms with Crippen molar-refractivity contribution in [3.63, 3.8) is 0 Å². The Morgan fingerprint density at radius 1 is 0.878 bits per heavy atom. The number of rotatable bonds is 6. The van der Waals surface area contributed by atoms with E-state index in [1.165, 1.54) is 4.31 Å². The molecule has 2 atom stereocenters. The minimum Gasteiger partial charge on any atom is -0.322 e. The number of likely N-dealkylation sites (tertiary alicyclic amines) is 1. The SMILES string of the molecule is CN(CCc1cc(C(F)(F)F)cc(C(F)(F)F)c1)[C@H]1CN(C(=O)N2CCN(S(C)(=O)=O)CC2)C[C@@H]1c1ccccc1. The van der Waals surface area contributed by atoms with Gasteiger partial charge < -0.3 is 14.7 Å². The maximum absolute atomic E-state index is 13.4. The number of hydrogen-bond donors (Lipinski definition) is 0. The van der Waals surface area contributed by atoms with Crippen molar-refractivity contribution in [3.8, 4) is 0 Å². The Hall–Kier alpha value is -2.84. The molecule has 2 fully saturated rings. The first-order valence-electron chi connectivity index (χ1n) is 13.1. The van der Waals surface area contributed by atoms with E-state index in [0.717, 1.165) is 24.0 Å². The molecule has 0 bridgehead atoms. The molecule has 2 aromatic rings. The van der Waals surface area contributed by atoms with E-state index < -0.39 is 33.5 Å². The normalized spacial score (nSPS) is 21.1. The predicted molar refractivity (Wildman–Crippen MR) is 141 cm³/mol. The highest BCUT2D eigenvalue weighted by Crippen LogP contribution is 2.37. The van der Waals surface area contributed by atoms with Gasteiger partial charge in [-0.1, -0.05) is 30.3 Å². The number of halogens is 6. The highest BCUT2D eigenvalue weighted by molar-refractivity contribution is 7.88. The van der Waals surface area contributed by atoms with E-state index in [0.29, 0.717) is 13.1 Å². The zero-order chi connectivity index (χ0) is 30.2. The number of amides is 2. The van der Waals surface area contributed by atoms with E-state index in [-0.39, 0.29) is 68.8 Å². The summed E-state index contributed by atoms with van der Waals surface area (Å²) >= 11 is 0. The van der Waals surface area contributed by atoms with Crippen molar-refractivity contribution in [2.45, 2.75) is 30.7 Å². The smallest absolute Gasteiger partial charge is 0.322 e. The van der Waals surface area contributed by atoms with Crippen LogP contribution in [0, 0.1) is 0 Å². The second-order valence-corrected chi connectivity index (χ2v) is 12.5. The van der Waals surface area contributed by atoms with Crippen LogP contribution in [0.15, 0.2) is 48.5 Å². The maximum atomic E-state index is 13.4. The fourth-order valence-electron chi connectivity index (χ4n) is 5.46. The first kappa shape index (κ1) is 31.1. The minimum atomic E-state index is -4.92. The monoisotopic (exact) mass is 606 g/mol. The third-order valence-corrected chi connectivity index (χ3v) is 9.04. The molecule has 2 saturated heterocycles. The zero-order valence-electron chi connectivity index (χ0n) is 22.6. The van der Waals surface area contributed by atoms with Crippen molar-refractivity contribution in [2.24, 2.45) is 0 Å². The summed E-state index contributed by atoms with van der Waals surface area (Å²) in [4.78, 5) is 18.6. The van der Waals surface area contributed by atoms with E-state index in [1.807, 2.05) is 35.2 Å². The van der Waals surface area contributed by atoms with Crippen LogP contribution in [-0.2, 0) is 28.8 Å². The van der Waals surface area contributed by atoms with Crippen molar-refractivity contribution in [1.29, 1.82) is 0 Å². The molecule has 0 spiro atoms. The number of likely N-dealkylation sites (N-methyl/N-ethyl adjacent to an activating group) is 1. The van der Waals surface area contributed by atoms with Gasteiger partial charge in [0.15, 0.2) is 0 Å². The predicted octanol–water partition coefficient (Wildman–Crippen LogP) is 4.36.